The van der Waals surface area contributed by atoms with Crippen LogP contribution < -0.4 is 10.6 Å². The van der Waals surface area contributed by atoms with Crippen molar-refractivity contribution >= 4 is 34.1 Å². The number of alkyl halides is 6. The molecule has 3 rings (SSSR count). The van der Waals surface area contributed by atoms with E-state index in [0.717, 1.165) is 24.6 Å². The number of halogens is 6. The van der Waals surface area contributed by atoms with Gasteiger partial charge in [-0.2, -0.15) is 31.6 Å². The summed E-state index contributed by atoms with van der Waals surface area (Å²) in [6.45, 7) is 4.93. The number of allylic oxidation sites excluding steroid dienone is 1. The quantitative estimate of drug-likeness (QED) is 0.201. The van der Waals surface area contributed by atoms with Crippen LogP contribution in [0.2, 0.25) is 0 Å². The fourth-order valence-electron chi connectivity index (χ4n) is 4.99. The van der Waals surface area contributed by atoms with Gasteiger partial charge < -0.3 is 10.6 Å². The molecular weight excluding hydrogens is 600 g/mol. The summed E-state index contributed by atoms with van der Waals surface area (Å²) >= 11 is 0. The molecule has 15 heteroatoms. The number of carbonyl (C=O) groups excluding carboxylic acids is 1. The number of hydrogen-bond acceptors (Lipinski definition) is 5. The van der Waals surface area contributed by atoms with Crippen LogP contribution in [0.1, 0.15) is 50.2 Å². The predicted octanol–water partition coefficient (Wildman–Crippen LogP) is 7.15. The Morgan fingerprint density at radius 1 is 1.02 bits per heavy atom. The number of rotatable bonds is 6. The van der Waals surface area contributed by atoms with Crippen molar-refractivity contribution in [2.45, 2.75) is 61.8 Å². The lowest BCUT2D eigenvalue weighted by Gasteiger charge is -2.38. The van der Waals surface area contributed by atoms with Crippen LogP contribution in [-0.4, -0.2) is 38.8 Å². The van der Waals surface area contributed by atoms with Crippen molar-refractivity contribution < 1.29 is 39.6 Å². The Morgan fingerprint density at radius 2 is 1.65 bits per heavy atom. The van der Waals surface area contributed by atoms with E-state index in [0.29, 0.717) is 55.8 Å². The summed E-state index contributed by atoms with van der Waals surface area (Å²) < 4.78 is 107. The van der Waals surface area contributed by atoms with Crippen LogP contribution in [0.15, 0.2) is 63.1 Å². The zero-order valence-corrected chi connectivity index (χ0v) is 23.8. The number of carbonyl (C=O) groups is 1. The zero-order chi connectivity index (χ0) is 32.2. The number of anilines is 1. The van der Waals surface area contributed by atoms with E-state index in [4.69, 9.17) is 0 Å². The van der Waals surface area contributed by atoms with Crippen LogP contribution in [0.4, 0.5) is 36.8 Å². The number of amides is 2. The van der Waals surface area contributed by atoms with Gasteiger partial charge in [-0.25, -0.2) is 23.2 Å². The van der Waals surface area contributed by atoms with Crippen LogP contribution in [0.3, 0.4) is 0 Å². The standard InChI is InChI=1S/C28H27F6N5O3S/c1-4-23(38-24(16-35)36-2)26(12-6-5-7-13-26)39-25(40)37-18-9-10-19(20(15-18)27(29,30)31)17-8-11-22(43(3,41)42)21(14-17)28(32,33)34/h4,8-11,14-15H,2,5-7,12-13H2,1,3H3,(H2,37,39,40)/b23-4-,38-24?. The van der Waals surface area contributed by atoms with E-state index < -0.39 is 60.9 Å². The smallest absolute Gasteiger partial charge is 0.327 e. The molecule has 1 aliphatic rings. The summed E-state index contributed by atoms with van der Waals surface area (Å²) in [5.41, 5.74) is -5.16. The molecule has 0 spiro atoms. The van der Waals surface area contributed by atoms with Gasteiger partial charge in [0, 0.05) is 11.9 Å². The van der Waals surface area contributed by atoms with Gasteiger partial charge in [-0.15, -0.1) is 0 Å². The lowest BCUT2D eigenvalue weighted by Crippen LogP contribution is -2.52. The van der Waals surface area contributed by atoms with Crippen LogP contribution in [0, 0.1) is 11.3 Å². The average Bonchev–Trinajstić information content (AvgIpc) is 2.92. The second kappa shape index (κ2) is 12.6. The number of sulfone groups is 1. The lowest BCUT2D eigenvalue weighted by molar-refractivity contribution is -0.139. The van der Waals surface area contributed by atoms with Crippen molar-refractivity contribution in [3.8, 4) is 17.2 Å². The maximum Gasteiger partial charge on any atom is 0.417 e. The third-order valence-electron chi connectivity index (χ3n) is 6.88. The minimum Gasteiger partial charge on any atom is -0.327 e. The highest BCUT2D eigenvalue weighted by Crippen LogP contribution is 2.42. The molecule has 2 N–H and O–H groups in total. The van der Waals surface area contributed by atoms with Gasteiger partial charge in [-0.1, -0.05) is 37.5 Å². The minimum absolute atomic E-state index is 0.232. The van der Waals surface area contributed by atoms with E-state index in [9.17, 15) is 44.8 Å². The Bertz CT molecular complexity index is 1620. The van der Waals surface area contributed by atoms with E-state index in [1.54, 1.807) is 19.1 Å². The molecule has 230 valence electrons. The molecule has 0 radical (unpaired) electrons. The second-order valence-corrected chi connectivity index (χ2v) is 11.8. The molecule has 0 aromatic heterocycles. The molecule has 2 aromatic rings. The van der Waals surface area contributed by atoms with Crippen LogP contribution in [-0.2, 0) is 22.2 Å². The topological polar surface area (TPSA) is 124 Å². The molecule has 0 aliphatic heterocycles. The largest absolute Gasteiger partial charge is 0.417 e. The maximum atomic E-state index is 14.1. The third-order valence-corrected chi connectivity index (χ3v) is 8.03. The summed E-state index contributed by atoms with van der Waals surface area (Å²) in [5.74, 6) is -0.232. The van der Waals surface area contributed by atoms with E-state index in [-0.39, 0.29) is 11.5 Å². The van der Waals surface area contributed by atoms with Gasteiger partial charge in [-0.05, 0) is 61.9 Å². The summed E-state index contributed by atoms with van der Waals surface area (Å²) in [6, 6.07) is 5.26. The van der Waals surface area contributed by atoms with Crippen molar-refractivity contribution in [2.24, 2.45) is 9.98 Å². The van der Waals surface area contributed by atoms with E-state index >= 15 is 0 Å². The van der Waals surface area contributed by atoms with Crippen molar-refractivity contribution in [1.29, 1.82) is 5.26 Å². The number of urea groups is 1. The number of nitriles is 1. The normalized spacial score (nSPS) is 16.3. The Morgan fingerprint density at radius 3 is 2.16 bits per heavy atom. The van der Waals surface area contributed by atoms with Gasteiger partial charge in [0.25, 0.3) is 0 Å². The number of hydrogen-bond donors (Lipinski definition) is 2. The molecule has 1 aliphatic carbocycles. The lowest BCUT2D eigenvalue weighted by atomic mass is 9.79. The third kappa shape index (κ3) is 7.81. The number of benzene rings is 2. The van der Waals surface area contributed by atoms with Gasteiger partial charge in [0.1, 0.15) is 6.07 Å². The summed E-state index contributed by atoms with van der Waals surface area (Å²) in [7, 11) is -4.34. The van der Waals surface area contributed by atoms with Crippen molar-refractivity contribution in [2.75, 3.05) is 11.6 Å². The Labute approximate surface area is 244 Å². The molecular formula is C28H27F6N5O3S. The molecule has 0 heterocycles. The van der Waals surface area contributed by atoms with Crippen LogP contribution in [0.25, 0.3) is 11.1 Å². The summed E-state index contributed by atoms with van der Waals surface area (Å²) in [5, 5.41) is 14.3. The molecule has 0 bridgehead atoms. The summed E-state index contributed by atoms with van der Waals surface area (Å²) in [4.78, 5) is 19.7. The molecule has 0 saturated heterocycles. The van der Waals surface area contributed by atoms with E-state index in [1.165, 1.54) is 0 Å². The fraction of sp³-hybridized carbons (Fsp3) is 0.357. The van der Waals surface area contributed by atoms with Gasteiger partial charge in [-0.3, -0.25) is 0 Å². The van der Waals surface area contributed by atoms with Gasteiger partial charge in [0.05, 0.1) is 27.3 Å². The minimum atomic E-state index is -5.16. The SMILES string of the molecule is C=NC(C#N)=N/C(=C\C)C1(NC(=O)Nc2ccc(-c3ccc(S(C)(=O)=O)c(C(F)(F)F)c3)c(C(F)(F)F)c2)CCCCC1. The zero-order valence-electron chi connectivity index (χ0n) is 23.0. The Hall–Kier alpha value is -4.19. The molecule has 1 saturated carbocycles. The number of nitrogens with one attached hydrogen (secondary N) is 2. The first kappa shape index (κ1) is 33.3. The number of aliphatic imine (C=N–C) groups is 2. The highest BCUT2D eigenvalue weighted by atomic mass is 32.2. The first-order chi connectivity index (χ1) is 19.9. The highest BCUT2D eigenvalue weighted by molar-refractivity contribution is 7.90. The molecule has 0 atom stereocenters. The van der Waals surface area contributed by atoms with Crippen LogP contribution >= 0.6 is 0 Å². The van der Waals surface area contributed by atoms with E-state index in [1.807, 2.05) is 0 Å². The first-order valence-corrected chi connectivity index (χ1v) is 14.7. The fourth-order valence-corrected chi connectivity index (χ4v) is 5.88. The average molecular weight is 628 g/mol. The van der Waals surface area contributed by atoms with Gasteiger partial charge in [0.15, 0.2) is 9.84 Å². The molecule has 1 fully saturated rings. The van der Waals surface area contributed by atoms with E-state index in [2.05, 4.69) is 27.3 Å². The van der Waals surface area contributed by atoms with Crippen molar-refractivity contribution in [3.05, 3.63) is 59.3 Å². The maximum absolute atomic E-state index is 14.1. The molecule has 43 heavy (non-hydrogen) atoms. The Kier molecular flexibility index (Phi) is 9.75. The first-order valence-electron chi connectivity index (χ1n) is 12.8. The molecule has 0 unspecified atom stereocenters. The van der Waals surface area contributed by atoms with Crippen molar-refractivity contribution in [3.63, 3.8) is 0 Å². The number of amidine groups is 1. The summed E-state index contributed by atoms with van der Waals surface area (Å²) in [6.07, 6.45) is -4.94. The van der Waals surface area contributed by atoms with Gasteiger partial charge >= 0.3 is 18.4 Å². The van der Waals surface area contributed by atoms with Crippen LogP contribution in [0.5, 0.6) is 0 Å². The molecule has 8 nitrogen and oxygen atoms in total. The molecule has 2 amide bonds. The predicted molar refractivity (Wildman–Crippen MR) is 149 cm³/mol. The monoisotopic (exact) mass is 627 g/mol. The highest BCUT2D eigenvalue weighted by Gasteiger charge is 2.40. The number of nitrogens with zero attached hydrogens (tertiary/aromatic N) is 3. The molecule has 2 aromatic carbocycles. The Balaban J connectivity index is 2.02. The van der Waals surface area contributed by atoms with Gasteiger partial charge in [0.2, 0.25) is 5.84 Å². The van der Waals surface area contributed by atoms with Crippen molar-refractivity contribution in [1.82, 2.24) is 5.32 Å². The second-order valence-electron chi connectivity index (χ2n) is 9.84.